The average Bonchev–Trinajstić information content (AvgIpc) is 2.66. The van der Waals surface area contributed by atoms with Crippen LogP contribution in [0.4, 0.5) is 4.39 Å². The molecule has 3 rings (SSSR count). The summed E-state index contributed by atoms with van der Waals surface area (Å²) in [6.45, 7) is 1.89. The van der Waals surface area contributed by atoms with Crippen LogP contribution in [0.5, 0.6) is 0 Å². The first-order chi connectivity index (χ1) is 9.08. The second kappa shape index (κ2) is 4.54. The number of fused-ring (bicyclic) bond motifs is 1. The molecule has 3 nitrogen and oxygen atoms in total. The molecule has 2 aromatic heterocycles. The van der Waals surface area contributed by atoms with Gasteiger partial charge in [0.25, 0.3) is 0 Å². The fraction of sp³-hybridized carbons (Fsp3) is 0.0769. The number of aryl methyl sites for hydroxylation is 1. The molecule has 0 fully saturated rings. The summed E-state index contributed by atoms with van der Waals surface area (Å²) in [4.78, 5) is 7.47. The van der Waals surface area contributed by atoms with Crippen molar-refractivity contribution in [2.24, 2.45) is 0 Å². The Morgan fingerprint density at radius 3 is 2.84 bits per heavy atom. The molecule has 0 saturated heterocycles. The summed E-state index contributed by atoms with van der Waals surface area (Å²) in [6, 6.07) is 8.58. The van der Waals surface area contributed by atoms with E-state index in [1.165, 1.54) is 6.07 Å². The summed E-state index contributed by atoms with van der Waals surface area (Å²) in [5.41, 5.74) is 2.63. The zero-order chi connectivity index (χ0) is 13.6. The van der Waals surface area contributed by atoms with Crippen molar-refractivity contribution in [3.63, 3.8) is 0 Å². The molecule has 1 N–H and O–H groups in total. The van der Waals surface area contributed by atoms with Crippen molar-refractivity contribution in [3.05, 3.63) is 51.1 Å². The quantitative estimate of drug-likeness (QED) is 0.672. The highest BCUT2D eigenvalue weighted by molar-refractivity contribution is 9.10. The number of halogens is 2. The predicted octanol–water partition coefficient (Wildman–Crippen LogP) is 4.29. The Hall–Kier alpha value is -1.53. The Morgan fingerprint density at radius 1 is 1.32 bits per heavy atom. The molecule has 96 valence electrons. The largest absolute Gasteiger partial charge is 0.329 e. The minimum absolute atomic E-state index is 0.352. The lowest BCUT2D eigenvalue weighted by Gasteiger charge is -2.08. The van der Waals surface area contributed by atoms with Crippen LogP contribution in [0.2, 0.25) is 0 Å². The smallest absolute Gasteiger partial charge is 0.184 e. The lowest BCUT2D eigenvalue weighted by atomic mass is 10.3. The Bertz CT molecular complexity index is 817. The van der Waals surface area contributed by atoms with Crippen molar-refractivity contribution < 1.29 is 4.39 Å². The Balaban J connectivity index is 2.46. The molecule has 0 saturated carbocycles. The first kappa shape index (κ1) is 12.5. The molecule has 3 aromatic rings. The predicted molar refractivity (Wildman–Crippen MR) is 78.6 cm³/mol. The maximum atomic E-state index is 14.1. The van der Waals surface area contributed by atoms with E-state index in [0.29, 0.717) is 20.6 Å². The number of H-pyrrole nitrogens is 1. The number of benzene rings is 1. The molecule has 1 aromatic carbocycles. The van der Waals surface area contributed by atoms with Crippen molar-refractivity contribution in [1.29, 1.82) is 0 Å². The van der Waals surface area contributed by atoms with E-state index in [0.717, 1.165) is 11.2 Å². The van der Waals surface area contributed by atoms with Crippen LogP contribution in [0, 0.1) is 17.5 Å². The highest BCUT2D eigenvalue weighted by Crippen LogP contribution is 2.27. The number of para-hydroxylation sites is 1. The molecule has 19 heavy (non-hydrogen) atoms. The summed E-state index contributed by atoms with van der Waals surface area (Å²) < 4.78 is 16.7. The van der Waals surface area contributed by atoms with Gasteiger partial charge in [-0.25, -0.2) is 9.37 Å². The summed E-state index contributed by atoms with van der Waals surface area (Å²) in [6.07, 6.45) is 0. The molecule has 0 radical (unpaired) electrons. The van der Waals surface area contributed by atoms with Crippen molar-refractivity contribution in [1.82, 2.24) is 14.5 Å². The van der Waals surface area contributed by atoms with Gasteiger partial charge < -0.3 is 4.98 Å². The van der Waals surface area contributed by atoms with Gasteiger partial charge in [0.15, 0.2) is 10.4 Å². The van der Waals surface area contributed by atoms with Crippen molar-refractivity contribution in [2.45, 2.75) is 6.92 Å². The molecule has 0 unspecified atom stereocenters. The zero-order valence-electron chi connectivity index (χ0n) is 9.95. The number of hydrogen-bond acceptors (Lipinski definition) is 2. The van der Waals surface area contributed by atoms with Gasteiger partial charge in [-0.1, -0.05) is 6.07 Å². The van der Waals surface area contributed by atoms with Crippen molar-refractivity contribution in [3.8, 4) is 5.69 Å². The second-order valence-corrected chi connectivity index (χ2v) is 5.40. The monoisotopic (exact) mass is 337 g/mol. The van der Waals surface area contributed by atoms with Gasteiger partial charge in [-0.05, 0) is 59.3 Å². The van der Waals surface area contributed by atoms with E-state index >= 15 is 0 Å². The van der Waals surface area contributed by atoms with Gasteiger partial charge in [-0.3, -0.25) is 4.57 Å². The molecule has 0 aliphatic heterocycles. The molecule has 0 aliphatic carbocycles. The van der Waals surface area contributed by atoms with E-state index in [1.54, 1.807) is 16.7 Å². The first-order valence-electron chi connectivity index (χ1n) is 5.60. The normalized spacial score (nSPS) is 11.1. The third kappa shape index (κ3) is 2.01. The van der Waals surface area contributed by atoms with Crippen LogP contribution >= 0.6 is 28.1 Å². The number of nitrogens with zero attached hydrogens (tertiary/aromatic N) is 2. The minimum atomic E-state index is -0.352. The van der Waals surface area contributed by atoms with E-state index in [9.17, 15) is 4.39 Å². The van der Waals surface area contributed by atoms with Crippen molar-refractivity contribution in [2.75, 3.05) is 0 Å². The number of hydrogen-bond donors (Lipinski definition) is 1. The fourth-order valence-corrected chi connectivity index (χ4v) is 2.80. The lowest BCUT2D eigenvalue weighted by molar-refractivity contribution is 0.617. The van der Waals surface area contributed by atoms with Crippen LogP contribution in [-0.4, -0.2) is 14.5 Å². The fourth-order valence-electron chi connectivity index (χ4n) is 1.99. The van der Waals surface area contributed by atoms with Crippen molar-refractivity contribution >= 4 is 39.3 Å². The summed E-state index contributed by atoms with van der Waals surface area (Å²) >= 11 is 8.64. The molecule has 2 heterocycles. The molecule has 0 bridgehead atoms. The molecule has 0 amide bonds. The second-order valence-electron chi connectivity index (χ2n) is 4.16. The Morgan fingerprint density at radius 2 is 2.11 bits per heavy atom. The molecule has 0 spiro atoms. The maximum absolute atomic E-state index is 14.1. The minimum Gasteiger partial charge on any atom is -0.329 e. The van der Waals surface area contributed by atoms with Gasteiger partial charge in [-0.2, -0.15) is 0 Å². The Kier molecular flexibility index (Phi) is 2.99. The number of aromatic amines is 1. The maximum Gasteiger partial charge on any atom is 0.184 e. The van der Waals surface area contributed by atoms with Crippen LogP contribution in [0.1, 0.15) is 5.69 Å². The summed E-state index contributed by atoms with van der Waals surface area (Å²) in [5, 5.41) is 0. The highest BCUT2D eigenvalue weighted by atomic mass is 79.9. The number of pyridine rings is 1. The molecular weight excluding hydrogens is 329 g/mol. The van der Waals surface area contributed by atoms with E-state index < -0.39 is 0 Å². The third-order valence-electron chi connectivity index (χ3n) is 2.83. The van der Waals surface area contributed by atoms with Gasteiger partial charge >= 0.3 is 0 Å². The zero-order valence-corrected chi connectivity index (χ0v) is 12.3. The molecular formula is C13H9BrFN3S. The SMILES string of the molecule is Cc1ccc2[nH]c(=S)n(-c3c(F)cccc3Br)c2n1. The van der Waals surface area contributed by atoms with Gasteiger partial charge in [0.1, 0.15) is 5.82 Å². The van der Waals surface area contributed by atoms with Crippen LogP contribution in [0.15, 0.2) is 34.8 Å². The Labute approximate surface area is 122 Å². The van der Waals surface area contributed by atoms with Crippen LogP contribution in [0.25, 0.3) is 16.9 Å². The van der Waals surface area contributed by atoms with Crippen LogP contribution in [0.3, 0.4) is 0 Å². The third-order valence-corrected chi connectivity index (χ3v) is 3.76. The molecule has 6 heteroatoms. The lowest BCUT2D eigenvalue weighted by Crippen LogP contribution is -2.00. The number of aromatic nitrogens is 3. The van der Waals surface area contributed by atoms with E-state index in [1.807, 2.05) is 19.1 Å². The van der Waals surface area contributed by atoms with Gasteiger partial charge in [0.05, 0.1) is 11.2 Å². The first-order valence-corrected chi connectivity index (χ1v) is 6.81. The van der Waals surface area contributed by atoms with E-state index in [2.05, 4.69) is 25.9 Å². The number of imidazole rings is 1. The van der Waals surface area contributed by atoms with Gasteiger partial charge in [0.2, 0.25) is 0 Å². The van der Waals surface area contributed by atoms with Crippen LogP contribution < -0.4 is 0 Å². The van der Waals surface area contributed by atoms with E-state index in [4.69, 9.17) is 12.2 Å². The van der Waals surface area contributed by atoms with Gasteiger partial charge in [0, 0.05) is 10.2 Å². The number of rotatable bonds is 1. The standard InChI is InChI=1S/C13H9BrFN3S/c1-7-5-6-10-12(16-7)18(13(19)17-10)11-8(14)3-2-4-9(11)15/h2-6H,1H3,(H,17,19). The summed E-state index contributed by atoms with van der Waals surface area (Å²) in [5.74, 6) is -0.352. The molecule has 0 atom stereocenters. The van der Waals surface area contributed by atoms with E-state index in [-0.39, 0.29) is 5.82 Å². The highest BCUT2D eigenvalue weighted by Gasteiger charge is 2.14. The topological polar surface area (TPSA) is 33.6 Å². The molecule has 0 aliphatic rings. The summed E-state index contributed by atoms with van der Waals surface area (Å²) in [7, 11) is 0. The van der Waals surface area contributed by atoms with Crippen LogP contribution in [-0.2, 0) is 0 Å². The average molecular weight is 338 g/mol. The number of nitrogens with one attached hydrogen (secondary N) is 1. The van der Waals surface area contributed by atoms with Gasteiger partial charge in [-0.15, -0.1) is 0 Å².